The van der Waals surface area contributed by atoms with E-state index in [4.69, 9.17) is 4.42 Å². The molecule has 7 nitrogen and oxygen atoms in total. The van der Waals surface area contributed by atoms with Crippen LogP contribution in [0.2, 0.25) is 0 Å². The Hall–Kier alpha value is -3.09. The van der Waals surface area contributed by atoms with Crippen LogP contribution < -0.4 is 5.32 Å². The lowest BCUT2D eigenvalue weighted by atomic mass is 9.69. The Morgan fingerprint density at radius 2 is 2.12 bits per heavy atom. The molecule has 4 atom stereocenters. The predicted molar refractivity (Wildman–Crippen MR) is 127 cm³/mol. The molecule has 4 unspecified atom stereocenters. The Morgan fingerprint density at radius 3 is 2.91 bits per heavy atom. The van der Waals surface area contributed by atoms with Gasteiger partial charge in [-0.2, -0.15) is 0 Å². The molecule has 3 aliphatic rings. The van der Waals surface area contributed by atoms with E-state index in [0.29, 0.717) is 23.4 Å². The van der Waals surface area contributed by atoms with Gasteiger partial charge in [0.05, 0.1) is 11.0 Å². The average Bonchev–Trinajstić information content (AvgIpc) is 3.39. The van der Waals surface area contributed by atoms with Gasteiger partial charge in [0.2, 0.25) is 11.8 Å². The van der Waals surface area contributed by atoms with Crippen LogP contribution in [0.1, 0.15) is 79.6 Å². The standard InChI is InChI=1S/C27H31N5O2/c1-3-21-10-9-19(15-28-21)24-31-32-25(34-24)26-13-18-7-5-11-27(16-26,20(12-18)14-26)30-23(33)22-8-4-6-17(2)29-22/h4,6,8-10,15,18,20H,3,5,7,11-14,16H2,1-2H3,(H,30,33). The van der Waals surface area contributed by atoms with Crippen LogP contribution in [-0.4, -0.2) is 31.6 Å². The molecular formula is C27H31N5O2. The normalized spacial score (nSPS) is 29.7. The fraction of sp³-hybridized carbons (Fsp3) is 0.519. The minimum Gasteiger partial charge on any atom is -0.420 e. The van der Waals surface area contributed by atoms with Crippen molar-refractivity contribution in [2.45, 2.75) is 76.2 Å². The molecule has 0 aromatic carbocycles. The molecule has 1 amide bonds. The molecule has 3 aliphatic carbocycles. The van der Waals surface area contributed by atoms with Crippen LogP contribution in [0, 0.1) is 18.8 Å². The van der Waals surface area contributed by atoms with Gasteiger partial charge in [-0.05, 0) is 81.5 Å². The molecular weight excluding hydrogens is 426 g/mol. The molecule has 34 heavy (non-hydrogen) atoms. The first-order valence-corrected chi connectivity index (χ1v) is 12.5. The lowest BCUT2D eigenvalue weighted by Gasteiger charge is -2.35. The number of nitrogens with zero attached hydrogens (tertiary/aromatic N) is 4. The summed E-state index contributed by atoms with van der Waals surface area (Å²) in [6.07, 6.45) is 10.1. The van der Waals surface area contributed by atoms with E-state index >= 15 is 0 Å². The van der Waals surface area contributed by atoms with Crippen LogP contribution in [0.3, 0.4) is 0 Å². The summed E-state index contributed by atoms with van der Waals surface area (Å²) in [5, 5.41) is 12.5. The smallest absolute Gasteiger partial charge is 0.270 e. The summed E-state index contributed by atoms with van der Waals surface area (Å²) in [7, 11) is 0. The number of hydrogen-bond donors (Lipinski definition) is 1. The zero-order valence-corrected chi connectivity index (χ0v) is 19.9. The first-order chi connectivity index (χ1) is 16.5. The van der Waals surface area contributed by atoms with Crippen molar-refractivity contribution in [2.75, 3.05) is 0 Å². The van der Waals surface area contributed by atoms with Crippen molar-refractivity contribution in [1.82, 2.24) is 25.5 Å². The van der Waals surface area contributed by atoms with Crippen LogP contribution in [0.4, 0.5) is 0 Å². The highest BCUT2D eigenvalue weighted by molar-refractivity contribution is 5.93. The fourth-order valence-electron chi connectivity index (χ4n) is 6.94. The summed E-state index contributed by atoms with van der Waals surface area (Å²) in [4.78, 5) is 22.2. The highest BCUT2D eigenvalue weighted by atomic mass is 16.4. The molecule has 1 N–H and O–H groups in total. The largest absolute Gasteiger partial charge is 0.420 e. The number of aromatic nitrogens is 4. The summed E-state index contributed by atoms with van der Waals surface area (Å²) >= 11 is 0. The van der Waals surface area contributed by atoms with E-state index < -0.39 is 0 Å². The van der Waals surface area contributed by atoms with Crippen molar-refractivity contribution in [3.05, 3.63) is 59.5 Å². The van der Waals surface area contributed by atoms with E-state index in [-0.39, 0.29) is 16.9 Å². The summed E-state index contributed by atoms with van der Waals surface area (Å²) in [6.45, 7) is 4.01. The van der Waals surface area contributed by atoms with Crippen LogP contribution in [0.15, 0.2) is 40.9 Å². The highest BCUT2D eigenvalue weighted by Crippen LogP contribution is 2.62. The zero-order chi connectivity index (χ0) is 23.3. The number of carbonyl (C=O) groups excluding carboxylic acids is 1. The second-order valence-corrected chi connectivity index (χ2v) is 10.6. The SMILES string of the molecule is CCc1ccc(-c2nnc(C34CC5CCCC(NC(=O)c6cccc(C)n6)(C3)C(C5)C4)o2)cn1. The van der Waals surface area contributed by atoms with Crippen LogP contribution >= 0.6 is 0 Å². The first-order valence-electron chi connectivity index (χ1n) is 12.5. The minimum atomic E-state index is -0.243. The summed E-state index contributed by atoms with van der Waals surface area (Å²) in [6, 6.07) is 9.63. The topological polar surface area (TPSA) is 93.8 Å². The van der Waals surface area contributed by atoms with E-state index in [2.05, 4.69) is 32.4 Å². The van der Waals surface area contributed by atoms with Crippen molar-refractivity contribution in [2.24, 2.45) is 11.8 Å². The van der Waals surface area contributed by atoms with Crippen molar-refractivity contribution in [3.63, 3.8) is 0 Å². The van der Waals surface area contributed by atoms with Crippen LogP contribution in [-0.2, 0) is 11.8 Å². The van der Waals surface area contributed by atoms with Gasteiger partial charge < -0.3 is 9.73 Å². The first kappa shape index (κ1) is 21.4. The number of nitrogens with one attached hydrogen (secondary N) is 1. The molecule has 0 spiro atoms. The average molecular weight is 458 g/mol. The van der Waals surface area contributed by atoms with Gasteiger partial charge in [-0.15, -0.1) is 10.2 Å². The van der Waals surface area contributed by atoms with E-state index in [0.717, 1.165) is 67.8 Å². The number of fused-ring (bicyclic) bond motifs is 2. The van der Waals surface area contributed by atoms with Crippen LogP contribution in [0.25, 0.3) is 11.5 Å². The predicted octanol–water partition coefficient (Wildman–Crippen LogP) is 4.81. The molecule has 3 heterocycles. The van der Waals surface area contributed by atoms with Gasteiger partial charge in [0.15, 0.2) is 0 Å². The highest BCUT2D eigenvalue weighted by Gasteiger charge is 2.62. The summed E-state index contributed by atoms with van der Waals surface area (Å²) in [5.41, 5.74) is 2.82. The maximum Gasteiger partial charge on any atom is 0.270 e. The van der Waals surface area contributed by atoms with E-state index in [9.17, 15) is 4.79 Å². The van der Waals surface area contributed by atoms with Crippen molar-refractivity contribution in [1.29, 1.82) is 0 Å². The molecule has 3 fully saturated rings. The third kappa shape index (κ3) is 3.53. The van der Waals surface area contributed by atoms with Gasteiger partial charge in [0.25, 0.3) is 5.91 Å². The fourth-order valence-corrected chi connectivity index (χ4v) is 6.94. The lowest BCUT2D eigenvalue weighted by Crippen LogP contribution is -2.51. The Balaban J connectivity index is 1.31. The maximum atomic E-state index is 13.3. The Kier molecular flexibility index (Phi) is 5.04. The number of rotatable bonds is 5. The molecule has 7 heteroatoms. The monoisotopic (exact) mass is 457 g/mol. The van der Waals surface area contributed by atoms with Gasteiger partial charge in [0, 0.05) is 23.1 Å². The minimum absolute atomic E-state index is 0.0712. The molecule has 3 aromatic heterocycles. The Bertz CT molecular complexity index is 1220. The lowest BCUT2D eigenvalue weighted by molar-refractivity contribution is 0.0856. The van der Waals surface area contributed by atoms with Crippen molar-refractivity contribution < 1.29 is 9.21 Å². The second kappa shape index (κ2) is 8.00. The third-order valence-corrected chi connectivity index (χ3v) is 8.40. The van der Waals surface area contributed by atoms with Crippen molar-refractivity contribution >= 4 is 5.91 Å². The summed E-state index contributed by atoms with van der Waals surface area (Å²) in [5.74, 6) is 2.24. The van der Waals surface area contributed by atoms with E-state index in [1.165, 1.54) is 6.42 Å². The van der Waals surface area contributed by atoms with Gasteiger partial charge in [-0.3, -0.25) is 9.78 Å². The third-order valence-electron chi connectivity index (χ3n) is 8.40. The second-order valence-electron chi connectivity index (χ2n) is 10.6. The van der Waals surface area contributed by atoms with Crippen molar-refractivity contribution in [3.8, 4) is 11.5 Å². The van der Waals surface area contributed by atoms with Gasteiger partial charge in [0.1, 0.15) is 5.69 Å². The van der Waals surface area contributed by atoms with E-state index in [1.807, 2.05) is 37.4 Å². The van der Waals surface area contributed by atoms with Gasteiger partial charge >= 0.3 is 0 Å². The van der Waals surface area contributed by atoms with Crippen LogP contribution in [0.5, 0.6) is 0 Å². The molecule has 176 valence electrons. The maximum absolute atomic E-state index is 13.3. The number of hydrogen-bond acceptors (Lipinski definition) is 6. The number of aryl methyl sites for hydroxylation is 2. The Labute approximate surface area is 199 Å². The quantitative estimate of drug-likeness (QED) is 0.591. The number of amides is 1. The van der Waals surface area contributed by atoms with E-state index in [1.54, 1.807) is 6.07 Å². The molecule has 3 saturated carbocycles. The zero-order valence-electron chi connectivity index (χ0n) is 19.9. The number of pyridine rings is 2. The summed E-state index contributed by atoms with van der Waals surface area (Å²) < 4.78 is 6.33. The molecule has 0 radical (unpaired) electrons. The molecule has 6 rings (SSSR count). The Morgan fingerprint density at radius 1 is 1.21 bits per heavy atom. The molecule has 0 aliphatic heterocycles. The molecule has 3 bridgehead atoms. The molecule has 3 aromatic rings. The number of carbonyl (C=O) groups is 1. The molecule has 0 saturated heterocycles. The van der Waals surface area contributed by atoms with Gasteiger partial charge in [-0.1, -0.05) is 25.8 Å². The van der Waals surface area contributed by atoms with Gasteiger partial charge in [-0.25, -0.2) is 4.98 Å².